The molecule has 0 unspecified atom stereocenters. The zero-order valence-electron chi connectivity index (χ0n) is 7.38. The van der Waals surface area contributed by atoms with Gasteiger partial charge in [-0.15, -0.1) is 0 Å². The van der Waals surface area contributed by atoms with Crippen LogP contribution in [0.3, 0.4) is 0 Å². The lowest BCUT2D eigenvalue weighted by molar-refractivity contribution is 0.0982. The number of rotatable bonds is 3. The first kappa shape index (κ1) is 10.1. The summed E-state index contributed by atoms with van der Waals surface area (Å²) in [6, 6.07) is 4.40. The number of phenolic OH excluding ortho intramolecular Hbond substituents is 1. The zero-order valence-corrected chi connectivity index (χ0v) is 8.14. The standard InChI is InChI=1S/C10H11ClO2/c1-2-3-10(13)8-5-4-7(12)6-9(8)11/h4-6,12H,2-3H2,1H3. The summed E-state index contributed by atoms with van der Waals surface area (Å²) in [5.41, 5.74) is 0.487. The maximum Gasteiger partial charge on any atom is 0.164 e. The van der Waals surface area contributed by atoms with Gasteiger partial charge in [0.05, 0.1) is 5.02 Å². The molecule has 1 aromatic rings. The number of ketones is 1. The molecule has 0 aliphatic carbocycles. The second-order valence-corrected chi connectivity index (χ2v) is 3.24. The molecule has 0 saturated carbocycles. The summed E-state index contributed by atoms with van der Waals surface area (Å²) >= 11 is 5.78. The highest BCUT2D eigenvalue weighted by molar-refractivity contribution is 6.34. The van der Waals surface area contributed by atoms with Crippen molar-refractivity contribution in [3.63, 3.8) is 0 Å². The molecule has 0 radical (unpaired) electrons. The van der Waals surface area contributed by atoms with Crippen LogP contribution in [-0.4, -0.2) is 10.9 Å². The van der Waals surface area contributed by atoms with Crippen LogP contribution >= 0.6 is 11.6 Å². The predicted molar refractivity (Wildman–Crippen MR) is 52.4 cm³/mol. The molecule has 1 rings (SSSR count). The molecule has 0 bridgehead atoms. The van der Waals surface area contributed by atoms with Gasteiger partial charge < -0.3 is 5.11 Å². The van der Waals surface area contributed by atoms with E-state index in [1.54, 1.807) is 6.07 Å². The van der Waals surface area contributed by atoms with Gasteiger partial charge in [-0.3, -0.25) is 4.79 Å². The Morgan fingerprint density at radius 2 is 2.23 bits per heavy atom. The molecule has 0 aliphatic heterocycles. The van der Waals surface area contributed by atoms with Gasteiger partial charge >= 0.3 is 0 Å². The second-order valence-electron chi connectivity index (χ2n) is 2.84. The number of phenols is 1. The van der Waals surface area contributed by atoms with E-state index in [-0.39, 0.29) is 11.5 Å². The highest BCUT2D eigenvalue weighted by Gasteiger charge is 2.09. The minimum absolute atomic E-state index is 0.0208. The highest BCUT2D eigenvalue weighted by atomic mass is 35.5. The zero-order chi connectivity index (χ0) is 9.84. The van der Waals surface area contributed by atoms with Crippen LogP contribution in [0.15, 0.2) is 18.2 Å². The summed E-state index contributed by atoms with van der Waals surface area (Å²) in [4.78, 5) is 11.4. The number of carbonyl (C=O) groups excluding carboxylic acids is 1. The molecule has 0 saturated heterocycles. The van der Waals surface area contributed by atoms with Gasteiger partial charge in [0.25, 0.3) is 0 Å². The Kier molecular flexibility index (Phi) is 3.32. The van der Waals surface area contributed by atoms with E-state index >= 15 is 0 Å². The van der Waals surface area contributed by atoms with Crippen molar-refractivity contribution in [1.29, 1.82) is 0 Å². The molecule has 0 aliphatic rings. The van der Waals surface area contributed by atoms with Crippen LogP contribution in [0.5, 0.6) is 5.75 Å². The quantitative estimate of drug-likeness (QED) is 0.759. The van der Waals surface area contributed by atoms with Crippen LogP contribution in [0, 0.1) is 0 Å². The SMILES string of the molecule is CCCC(=O)c1ccc(O)cc1Cl. The molecule has 0 amide bonds. The van der Waals surface area contributed by atoms with Crippen molar-refractivity contribution in [1.82, 2.24) is 0 Å². The lowest BCUT2D eigenvalue weighted by Gasteiger charge is -2.02. The molecular weight excluding hydrogens is 188 g/mol. The molecule has 0 aromatic heterocycles. The fraction of sp³-hybridized carbons (Fsp3) is 0.300. The van der Waals surface area contributed by atoms with Crippen LogP contribution in [0.2, 0.25) is 5.02 Å². The van der Waals surface area contributed by atoms with Crippen LogP contribution in [0.25, 0.3) is 0 Å². The van der Waals surface area contributed by atoms with E-state index in [0.29, 0.717) is 17.0 Å². The van der Waals surface area contributed by atoms with Crippen LogP contribution < -0.4 is 0 Å². The molecule has 1 N–H and O–H groups in total. The Bertz CT molecular complexity index is 321. The summed E-state index contributed by atoms with van der Waals surface area (Å²) in [7, 11) is 0. The van der Waals surface area contributed by atoms with Gasteiger partial charge in [0.15, 0.2) is 5.78 Å². The smallest absolute Gasteiger partial charge is 0.164 e. The maximum atomic E-state index is 11.4. The van der Waals surface area contributed by atoms with E-state index in [2.05, 4.69) is 0 Å². The number of carbonyl (C=O) groups is 1. The molecule has 3 heteroatoms. The Morgan fingerprint density at radius 3 is 2.77 bits per heavy atom. The first-order chi connectivity index (χ1) is 6.15. The minimum Gasteiger partial charge on any atom is -0.508 e. The summed E-state index contributed by atoms with van der Waals surface area (Å²) in [5, 5.41) is 9.37. The van der Waals surface area contributed by atoms with Gasteiger partial charge in [-0.25, -0.2) is 0 Å². The number of Topliss-reactive ketones (excluding diaryl/α,β-unsaturated/α-hetero) is 1. The normalized spacial score (nSPS) is 10.0. The van der Waals surface area contributed by atoms with Gasteiger partial charge in [0.2, 0.25) is 0 Å². The average molecular weight is 199 g/mol. The van der Waals surface area contributed by atoms with E-state index in [0.717, 1.165) is 6.42 Å². The van der Waals surface area contributed by atoms with E-state index in [4.69, 9.17) is 16.7 Å². The largest absolute Gasteiger partial charge is 0.508 e. The molecule has 1 aromatic carbocycles. The van der Waals surface area contributed by atoms with Crippen molar-refractivity contribution in [2.45, 2.75) is 19.8 Å². The Morgan fingerprint density at radius 1 is 1.54 bits per heavy atom. The van der Waals surface area contributed by atoms with Crippen molar-refractivity contribution >= 4 is 17.4 Å². The first-order valence-corrected chi connectivity index (χ1v) is 4.54. The predicted octanol–water partition coefficient (Wildman–Crippen LogP) is 3.03. The van der Waals surface area contributed by atoms with Crippen molar-refractivity contribution < 1.29 is 9.90 Å². The fourth-order valence-electron chi connectivity index (χ4n) is 1.09. The molecule has 2 nitrogen and oxygen atoms in total. The van der Waals surface area contributed by atoms with Gasteiger partial charge in [-0.05, 0) is 24.6 Å². The van der Waals surface area contributed by atoms with E-state index in [9.17, 15) is 4.79 Å². The number of aromatic hydroxyl groups is 1. The lowest BCUT2D eigenvalue weighted by atomic mass is 10.1. The number of halogens is 1. The third-order valence-corrected chi connectivity index (χ3v) is 2.04. The van der Waals surface area contributed by atoms with Crippen LogP contribution in [0.1, 0.15) is 30.1 Å². The van der Waals surface area contributed by atoms with Crippen molar-refractivity contribution in [3.8, 4) is 5.75 Å². The molecular formula is C10H11ClO2. The fourth-order valence-corrected chi connectivity index (χ4v) is 1.37. The Labute approximate surface area is 82.2 Å². The highest BCUT2D eigenvalue weighted by Crippen LogP contribution is 2.22. The summed E-state index contributed by atoms with van der Waals surface area (Å²) in [6.07, 6.45) is 1.29. The lowest BCUT2D eigenvalue weighted by Crippen LogP contribution is -1.98. The molecule has 0 fully saturated rings. The Balaban J connectivity index is 2.95. The topological polar surface area (TPSA) is 37.3 Å². The monoisotopic (exact) mass is 198 g/mol. The van der Waals surface area contributed by atoms with E-state index < -0.39 is 0 Å². The summed E-state index contributed by atoms with van der Waals surface area (Å²) in [5.74, 6) is 0.102. The summed E-state index contributed by atoms with van der Waals surface area (Å²) < 4.78 is 0. The van der Waals surface area contributed by atoms with Gasteiger partial charge in [-0.2, -0.15) is 0 Å². The molecule has 13 heavy (non-hydrogen) atoms. The second kappa shape index (κ2) is 4.28. The van der Waals surface area contributed by atoms with Crippen LogP contribution in [0.4, 0.5) is 0 Å². The Hall–Kier alpha value is -1.02. The number of benzene rings is 1. The summed E-state index contributed by atoms with van der Waals surface area (Å²) in [6.45, 7) is 1.94. The molecule has 0 spiro atoms. The van der Waals surface area contributed by atoms with Crippen molar-refractivity contribution in [2.75, 3.05) is 0 Å². The molecule has 70 valence electrons. The third kappa shape index (κ3) is 2.46. The van der Waals surface area contributed by atoms with Crippen molar-refractivity contribution in [2.24, 2.45) is 0 Å². The number of hydrogen-bond acceptors (Lipinski definition) is 2. The van der Waals surface area contributed by atoms with E-state index in [1.165, 1.54) is 12.1 Å². The third-order valence-electron chi connectivity index (χ3n) is 1.73. The average Bonchev–Trinajstić information content (AvgIpc) is 2.04. The molecule has 0 atom stereocenters. The minimum atomic E-state index is 0.0208. The maximum absolute atomic E-state index is 11.4. The number of hydrogen-bond donors (Lipinski definition) is 1. The van der Waals surface area contributed by atoms with Gasteiger partial charge in [-0.1, -0.05) is 18.5 Å². The molecule has 0 heterocycles. The van der Waals surface area contributed by atoms with Crippen molar-refractivity contribution in [3.05, 3.63) is 28.8 Å². The van der Waals surface area contributed by atoms with Crippen LogP contribution in [-0.2, 0) is 0 Å². The van der Waals surface area contributed by atoms with Gasteiger partial charge in [0.1, 0.15) is 5.75 Å². The van der Waals surface area contributed by atoms with E-state index in [1.807, 2.05) is 6.92 Å². The van der Waals surface area contributed by atoms with Gasteiger partial charge in [0, 0.05) is 12.0 Å². The first-order valence-electron chi connectivity index (χ1n) is 4.17.